The third-order valence-corrected chi connectivity index (χ3v) is 4.67. The molecule has 2 fully saturated rings. The van der Waals surface area contributed by atoms with Gasteiger partial charge in [0.1, 0.15) is 12.6 Å². The van der Waals surface area contributed by atoms with Crippen molar-refractivity contribution in [2.75, 3.05) is 7.11 Å². The highest BCUT2D eigenvalue weighted by Crippen LogP contribution is 2.40. The van der Waals surface area contributed by atoms with E-state index in [4.69, 9.17) is 9.26 Å². The third kappa shape index (κ3) is 2.61. The average Bonchev–Trinajstić information content (AvgIpc) is 3.11. The van der Waals surface area contributed by atoms with Gasteiger partial charge in [0.2, 0.25) is 0 Å². The number of hydrogen-bond acceptors (Lipinski definition) is 5. The highest BCUT2D eigenvalue weighted by Gasteiger charge is 2.48. The van der Waals surface area contributed by atoms with Crippen LogP contribution < -0.4 is 0 Å². The van der Waals surface area contributed by atoms with Crippen LogP contribution in [0.2, 0.25) is 0 Å². The molecular weight excluding hydrogens is 288 g/mol. The number of likely N-dealkylation sites (tertiary alicyclic amines) is 1. The van der Waals surface area contributed by atoms with Crippen molar-refractivity contribution in [3.63, 3.8) is 0 Å². The van der Waals surface area contributed by atoms with Crippen LogP contribution in [0.1, 0.15) is 48.4 Å². The molecule has 0 unspecified atom stereocenters. The van der Waals surface area contributed by atoms with E-state index in [0.29, 0.717) is 12.2 Å². The Balaban J connectivity index is 1.85. The Morgan fingerprint density at radius 1 is 1.45 bits per heavy atom. The highest BCUT2D eigenvalue weighted by atomic mass is 16.5. The van der Waals surface area contributed by atoms with Crippen molar-refractivity contribution in [2.24, 2.45) is 5.92 Å². The standard InChI is InChI=1S/C15H20N2O5/c1-21-8-10-7-11(16-22-10)14(18)17-12-5-3-2-4-9(12)6-13(17)15(19)20/h7,9,12-13H,2-6,8H2,1H3,(H,19,20)/t9-,12+,13-/m0/s1. The molecule has 1 N–H and O–H groups in total. The number of fused-ring (bicyclic) bond motifs is 1. The summed E-state index contributed by atoms with van der Waals surface area (Å²) in [4.78, 5) is 25.8. The van der Waals surface area contributed by atoms with Crippen LogP contribution in [0.5, 0.6) is 0 Å². The Morgan fingerprint density at radius 2 is 2.23 bits per heavy atom. The summed E-state index contributed by atoms with van der Waals surface area (Å²) in [6, 6.07) is 0.772. The van der Waals surface area contributed by atoms with Gasteiger partial charge in [-0.25, -0.2) is 4.79 Å². The molecule has 0 radical (unpaired) electrons. The van der Waals surface area contributed by atoms with E-state index in [-0.39, 0.29) is 30.2 Å². The highest BCUT2D eigenvalue weighted by molar-refractivity contribution is 5.95. The van der Waals surface area contributed by atoms with Crippen LogP contribution in [0.3, 0.4) is 0 Å². The van der Waals surface area contributed by atoms with Crippen LogP contribution in [0, 0.1) is 5.92 Å². The fraction of sp³-hybridized carbons (Fsp3) is 0.667. The normalized spacial score (nSPS) is 27.7. The molecule has 1 amide bonds. The van der Waals surface area contributed by atoms with Crippen LogP contribution in [-0.4, -0.2) is 46.2 Å². The van der Waals surface area contributed by atoms with E-state index < -0.39 is 12.0 Å². The zero-order valence-corrected chi connectivity index (χ0v) is 12.5. The summed E-state index contributed by atoms with van der Waals surface area (Å²) in [6.07, 6.45) is 4.53. The second-order valence-corrected chi connectivity index (χ2v) is 6.03. The molecule has 1 saturated carbocycles. The van der Waals surface area contributed by atoms with Gasteiger partial charge in [-0.3, -0.25) is 4.79 Å². The van der Waals surface area contributed by atoms with E-state index >= 15 is 0 Å². The van der Waals surface area contributed by atoms with Crippen molar-refractivity contribution in [1.29, 1.82) is 0 Å². The van der Waals surface area contributed by atoms with Gasteiger partial charge in [0.05, 0.1) is 0 Å². The number of methoxy groups -OCH3 is 1. The lowest BCUT2D eigenvalue weighted by molar-refractivity contribution is -0.141. The fourth-order valence-corrected chi connectivity index (χ4v) is 3.73. The molecule has 3 rings (SSSR count). The summed E-state index contributed by atoms with van der Waals surface area (Å²) in [5, 5.41) is 13.2. The molecule has 22 heavy (non-hydrogen) atoms. The molecular formula is C15H20N2O5. The van der Waals surface area contributed by atoms with E-state index in [0.717, 1.165) is 25.7 Å². The Labute approximate surface area is 128 Å². The number of carboxylic acid groups (broad SMARTS) is 1. The minimum absolute atomic E-state index is 0.00456. The Hall–Kier alpha value is -1.89. The van der Waals surface area contributed by atoms with Crippen molar-refractivity contribution in [3.8, 4) is 0 Å². The van der Waals surface area contributed by atoms with E-state index in [1.165, 1.54) is 18.1 Å². The van der Waals surface area contributed by atoms with Crippen molar-refractivity contribution in [2.45, 2.75) is 50.8 Å². The summed E-state index contributed by atoms with van der Waals surface area (Å²) in [5.74, 6) is -0.558. The molecule has 2 heterocycles. The number of carboxylic acids is 1. The van der Waals surface area contributed by atoms with Crippen molar-refractivity contribution in [1.82, 2.24) is 10.1 Å². The Kier molecular flexibility index (Phi) is 4.15. The number of amides is 1. The first kappa shape index (κ1) is 15.0. The monoisotopic (exact) mass is 308 g/mol. The van der Waals surface area contributed by atoms with Gasteiger partial charge in [-0.05, 0) is 25.2 Å². The molecule has 120 valence electrons. The number of rotatable bonds is 4. The number of aromatic nitrogens is 1. The van der Waals surface area contributed by atoms with E-state index in [1.54, 1.807) is 0 Å². The van der Waals surface area contributed by atoms with E-state index in [1.807, 2.05) is 0 Å². The van der Waals surface area contributed by atoms with Gasteiger partial charge in [0.25, 0.3) is 5.91 Å². The second-order valence-electron chi connectivity index (χ2n) is 6.03. The first-order valence-corrected chi connectivity index (χ1v) is 7.61. The minimum Gasteiger partial charge on any atom is -0.480 e. The maximum atomic E-state index is 12.7. The van der Waals surface area contributed by atoms with E-state index in [9.17, 15) is 14.7 Å². The Morgan fingerprint density at radius 3 is 2.95 bits per heavy atom. The van der Waals surface area contributed by atoms with Crippen LogP contribution >= 0.6 is 0 Å². The summed E-state index contributed by atoms with van der Waals surface area (Å²) >= 11 is 0. The van der Waals surface area contributed by atoms with Crippen molar-refractivity contribution < 1.29 is 24.0 Å². The summed E-state index contributed by atoms with van der Waals surface area (Å²) in [5.41, 5.74) is 0.157. The topological polar surface area (TPSA) is 92.9 Å². The lowest BCUT2D eigenvalue weighted by Crippen LogP contribution is -2.46. The largest absolute Gasteiger partial charge is 0.480 e. The first-order valence-electron chi connectivity index (χ1n) is 7.61. The molecule has 1 saturated heterocycles. The molecule has 0 spiro atoms. The minimum atomic E-state index is -0.941. The molecule has 3 atom stereocenters. The predicted molar refractivity (Wildman–Crippen MR) is 75.2 cm³/mol. The molecule has 1 aliphatic heterocycles. The van der Waals surface area contributed by atoms with Crippen molar-refractivity contribution in [3.05, 3.63) is 17.5 Å². The molecule has 2 aliphatic rings. The van der Waals surface area contributed by atoms with Gasteiger partial charge in [-0.1, -0.05) is 18.0 Å². The van der Waals surface area contributed by atoms with Gasteiger partial charge in [-0.15, -0.1) is 0 Å². The van der Waals surface area contributed by atoms with Gasteiger partial charge in [0.15, 0.2) is 11.5 Å². The third-order valence-electron chi connectivity index (χ3n) is 4.67. The Bertz CT molecular complexity index is 570. The first-order chi connectivity index (χ1) is 10.6. The number of carbonyl (C=O) groups excluding carboxylic acids is 1. The van der Waals surface area contributed by atoms with E-state index in [2.05, 4.69) is 5.16 Å². The van der Waals surface area contributed by atoms with Gasteiger partial charge >= 0.3 is 5.97 Å². The lowest BCUT2D eigenvalue weighted by atomic mass is 9.84. The number of hydrogen-bond donors (Lipinski definition) is 1. The van der Waals surface area contributed by atoms with Crippen molar-refractivity contribution >= 4 is 11.9 Å². The smallest absolute Gasteiger partial charge is 0.326 e. The number of nitrogens with zero attached hydrogens (tertiary/aromatic N) is 2. The van der Waals surface area contributed by atoms with Gasteiger partial charge in [-0.2, -0.15) is 0 Å². The molecule has 7 heteroatoms. The summed E-state index contributed by atoms with van der Waals surface area (Å²) in [7, 11) is 1.53. The van der Waals surface area contributed by atoms with Crippen LogP contribution in [0.25, 0.3) is 0 Å². The molecule has 0 aromatic carbocycles. The fourth-order valence-electron chi connectivity index (χ4n) is 3.73. The molecule has 7 nitrogen and oxygen atoms in total. The molecule has 1 aromatic heterocycles. The lowest BCUT2D eigenvalue weighted by Gasteiger charge is -2.32. The predicted octanol–water partition coefficient (Wildman–Crippen LogP) is 1.68. The maximum absolute atomic E-state index is 12.7. The quantitative estimate of drug-likeness (QED) is 0.909. The van der Waals surface area contributed by atoms with Gasteiger partial charge in [0, 0.05) is 19.2 Å². The maximum Gasteiger partial charge on any atom is 0.326 e. The molecule has 1 aliphatic carbocycles. The average molecular weight is 308 g/mol. The summed E-state index contributed by atoms with van der Waals surface area (Å²) in [6.45, 7) is 0.231. The van der Waals surface area contributed by atoms with Crippen LogP contribution in [0.4, 0.5) is 0 Å². The zero-order chi connectivity index (χ0) is 15.7. The number of aliphatic carboxylic acids is 1. The number of ether oxygens (including phenoxy) is 1. The molecule has 0 bridgehead atoms. The second kappa shape index (κ2) is 6.08. The van der Waals surface area contributed by atoms with Gasteiger partial charge < -0.3 is 19.3 Å². The SMILES string of the molecule is COCc1cc(C(=O)N2[C@@H]3CCCC[C@H]3C[C@H]2C(=O)O)no1. The zero-order valence-electron chi connectivity index (χ0n) is 12.5. The van der Waals surface area contributed by atoms with Crippen LogP contribution in [-0.2, 0) is 16.1 Å². The molecule has 1 aromatic rings. The van der Waals surface area contributed by atoms with Crippen LogP contribution in [0.15, 0.2) is 10.6 Å². The summed E-state index contributed by atoms with van der Waals surface area (Å²) < 4.78 is 9.99. The number of carbonyl (C=O) groups is 2.